The Bertz CT molecular complexity index is 1450. The Balaban J connectivity index is 2.50. The first-order valence-electron chi connectivity index (χ1n) is 18.9. The zero-order valence-electron chi connectivity index (χ0n) is 32.9. The maximum Gasteiger partial charge on any atom is 0.326 e. The van der Waals surface area contributed by atoms with E-state index in [-0.39, 0.29) is 31.1 Å². The van der Waals surface area contributed by atoms with Crippen molar-refractivity contribution in [3.8, 4) is 5.75 Å². The first-order valence-corrected chi connectivity index (χ1v) is 18.9. The predicted octanol–water partition coefficient (Wildman–Crippen LogP) is 1.80. The van der Waals surface area contributed by atoms with Crippen LogP contribution in [0.25, 0.3) is 0 Å². The minimum Gasteiger partial charge on any atom is -0.508 e. The second-order valence-corrected chi connectivity index (χ2v) is 15.0. The molecule has 0 spiro atoms. The standard InChI is InChI=1S/C38H61N7O9/c1-9-23(6)31(37(52)53)44-38(54)42-27-12-10-11-19-39-33(48)29(20-21(2)3)41-32(47)24(7)45(8)36(51)28(18-15-25-13-16-26(46)17-14-25)40-35(50)30(22(4)5)43-34(27)49/h13-14,16-17,21-24,27-31,46H,9-12,15,18-20H2,1-8H3,(H,39,48)(H,40,50)(H,41,47)(H,43,49)(H,52,53)(H2,42,44,54)/t23-,24+,27-,28+,29+,30+,31+/m1/s1. The zero-order chi connectivity index (χ0) is 40.7. The molecule has 2 rings (SSSR count). The molecule has 0 radical (unpaired) electrons. The molecule has 0 bridgehead atoms. The van der Waals surface area contributed by atoms with Gasteiger partial charge in [0.25, 0.3) is 0 Å². The van der Waals surface area contributed by atoms with Crippen LogP contribution in [-0.2, 0) is 35.2 Å². The van der Waals surface area contributed by atoms with Crippen LogP contribution in [0.1, 0.15) is 92.6 Å². The Hall–Kier alpha value is -4.89. The molecule has 16 heteroatoms. The van der Waals surface area contributed by atoms with Gasteiger partial charge in [-0.25, -0.2) is 9.59 Å². The molecule has 1 aromatic carbocycles. The Labute approximate surface area is 318 Å². The third-order valence-corrected chi connectivity index (χ3v) is 9.77. The van der Waals surface area contributed by atoms with Crippen LogP contribution in [0.3, 0.4) is 0 Å². The molecular formula is C38H61N7O9. The van der Waals surface area contributed by atoms with Crippen LogP contribution < -0.4 is 31.9 Å². The summed E-state index contributed by atoms with van der Waals surface area (Å²) in [6, 6.07) is -1.08. The number of urea groups is 1. The van der Waals surface area contributed by atoms with Gasteiger partial charge in [0.05, 0.1) is 0 Å². The number of carboxylic acid groups (broad SMARTS) is 1. The quantitative estimate of drug-likeness (QED) is 0.164. The van der Waals surface area contributed by atoms with Gasteiger partial charge in [0.15, 0.2) is 0 Å². The highest BCUT2D eigenvalue weighted by molar-refractivity contribution is 5.96. The normalized spacial score (nSPS) is 23.9. The van der Waals surface area contributed by atoms with E-state index in [1.165, 1.54) is 31.0 Å². The maximum absolute atomic E-state index is 14.0. The van der Waals surface area contributed by atoms with Gasteiger partial charge in [-0.15, -0.1) is 0 Å². The summed E-state index contributed by atoms with van der Waals surface area (Å²) < 4.78 is 0. The number of likely N-dealkylation sites (N-methyl/N-ethyl adjacent to an activating group) is 1. The van der Waals surface area contributed by atoms with E-state index in [9.17, 15) is 43.8 Å². The van der Waals surface area contributed by atoms with Crippen molar-refractivity contribution in [1.82, 2.24) is 36.8 Å². The van der Waals surface area contributed by atoms with E-state index in [1.807, 2.05) is 13.8 Å². The molecule has 1 aliphatic heterocycles. The number of rotatable bonds is 11. The summed E-state index contributed by atoms with van der Waals surface area (Å²) in [4.78, 5) is 94.7. The summed E-state index contributed by atoms with van der Waals surface area (Å²) in [5.74, 6) is -4.87. The fraction of sp³-hybridized carbons (Fsp3) is 0.658. The van der Waals surface area contributed by atoms with Crippen molar-refractivity contribution in [2.75, 3.05) is 13.6 Å². The monoisotopic (exact) mass is 759 g/mol. The van der Waals surface area contributed by atoms with E-state index in [1.54, 1.807) is 39.8 Å². The Morgan fingerprint density at radius 2 is 1.52 bits per heavy atom. The first kappa shape index (κ1) is 45.3. The number of nitrogens with zero attached hydrogens (tertiary/aromatic N) is 1. The van der Waals surface area contributed by atoms with Crippen LogP contribution in [-0.4, -0.2) is 106 Å². The van der Waals surface area contributed by atoms with Gasteiger partial charge in [0.2, 0.25) is 29.5 Å². The Morgan fingerprint density at radius 3 is 2.09 bits per heavy atom. The van der Waals surface area contributed by atoms with Crippen LogP contribution in [0.15, 0.2) is 24.3 Å². The molecule has 7 amide bonds. The van der Waals surface area contributed by atoms with Gasteiger partial charge < -0.3 is 47.0 Å². The fourth-order valence-corrected chi connectivity index (χ4v) is 5.99. The lowest BCUT2D eigenvalue weighted by Crippen LogP contribution is -2.60. The van der Waals surface area contributed by atoms with Crippen molar-refractivity contribution >= 4 is 41.5 Å². The topological polar surface area (TPSA) is 235 Å². The number of hydrogen-bond donors (Lipinski definition) is 8. The first-order chi connectivity index (χ1) is 25.4. The number of aromatic hydroxyl groups is 1. The van der Waals surface area contributed by atoms with E-state index in [4.69, 9.17) is 0 Å². The molecule has 16 nitrogen and oxygen atoms in total. The zero-order valence-corrected chi connectivity index (χ0v) is 32.9. The van der Waals surface area contributed by atoms with Crippen molar-refractivity contribution in [1.29, 1.82) is 0 Å². The van der Waals surface area contributed by atoms with Crippen molar-refractivity contribution in [2.24, 2.45) is 17.8 Å². The maximum atomic E-state index is 14.0. The molecule has 0 aromatic heterocycles. The second kappa shape index (κ2) is 21.7. The molecule has 1 aromatic rings. The SMILES string of the molecule is CC[C@@H](C)[C@H](NC(=O)N[C@@H]1CCCCNC(=O)[C@H](CC(C)C)NC(=O)[C@H](C)N(C)C(=O)[C@H](CCc2ccc(O)cc2)NC(=O)[C@H](C(C)C)NC1=O)C(=O)O. The van der Waals surface area contributed by atoms with Crippen LogP contribution in [0, 0.1) is 17.8 Å². The van der Waals surface area contributed by atoms with E-state index in [2.05, 4.69) is 31.9 Å². The summed E-state index contributed by atoms with van der Waals surface area (Å²) in [6.07, 6.45) is 2.07. The highest BCUT2D eigenvalue weighted by Gasteiger charge is 2.35. The van der Waals surface area contributed by atoms with Gasteiger partial charge in [-0.05, 0) is 80.9 Å². The number of carbonyl (C=O) groups is 7. The predicted molar refractivity (Wildman–Crippen MR) is 202 cm³/mol. The summed E-state index contributed by atoms with van der Waals surface area (Å²) in [7, 11) is 1.44. The Kier molecular flexibility index (Phi) is 18.2. The fourth-order valence-electron chi connectivity index (χ4n) is 5.99. The average molecular weight is 760 g/mol. The molecule has 1 heterocycles. The van der Waals surface area contributed by atoms with Crippen molar-refractivity contribution in [2.45, 2.75) is 130 Å². The number of amides is 7. The van der Waals surface area contributed by atoms with Gasteiger partial charge in [0.1, 0.15) is 42.0 Å². The van der Waals surface area contributed by atoms with E-state index >= 15 is 0 Å². The number of benzene rings is 1. The molecule has 8 N–H and O–H groups in total. The molecular weight excluding hydrogens is 698 g/mol. The number of carbonyl (C=O) groups excluding carboxylic acids is 6. The lowest BCUT2D eigenvalue weighted by Gasteiger charge is -2.31. The number of aliphatic carboxylic acids is 1. The molecule has 7 atom stereocenters. The van der Waals surface area contributed by atoms with E-state index in [0.29, 0.717) is 32.1 Å². The van der Waals surface area contributed by atoms with Crippen LogP contribution in [0.2, 0.25) is 0 Å². The van der Waals surface area contributed by atoms with E-state index in [0.717, 1.165) is 5.56 Å². The van der Waals surface area contributed by atoms with Gasteiger partial charge >= 0.3 is 12.0 Å². The number of hydrogen-bond acceptors (Lipinski definition) is 8. The molecule has 0 saturated carbocycles. The largest absolute Gasteiger partial charge is 0.508 e. The molecule has 54 heavy (non-hydrogen) atoms. The number of aryl methyl sites for hydroxylation is 1. The van der Waals surface area contributed by atoms with Gasteiger partial charge in [-0.1, -0.05) is 60.1 Å². The highest BCUT2D eigenvalue weighted by atomic mass is 16.4. The summed E-state index contributed by atoms with van der Waals surface area (Å²) in [5.41, 5.74) is 0.778. The van der Waals surface area contributed by atoms with Crippen molar-refractivity contribution in [3.05, 3.63) is 29.8 Å². The van der Waals surface area contributed by atoms with Crippen LogP contribution >= 0.6 is 0 Å². The third kappa shape index (κ3) is 14.2. The lowest BCUT2D eigenvalue weighted by atomic mass is 9.99. The minimum absolute atomic E-state index is 0.0447. The highest BCUT2D eigenvalue weighted by Crippen LogP contribution is 2.16. The number of phenolic OH excluding ortho intramolecular Hbond substituents is 1. The summed E-state index contributed by atoms with van der Waals surface area (Å²) >= 11 is 0. The third-order valence-electron chi connectivity index (χ3n) is 9.77. The smallest absolute Gasteiger partial charge is 0.326 e. The molecule has 1 fully saturated rings. The van der Waals surface area contributed by atoms with Crippen LogP contribution in [0.5, 0.6) is 5.75 Å². The minimum atomic E-state index is -1.22. The second-order valence-electron chi connectivity index (χ2n) is 15.0. The summed E-state index contributed by atoms with van der Waals surface area (Å²) in [5, 5.41) is 35.5. The van der Waals surface area contributed by atoms with Crippen molar-refractivity contribution < 1.29 is 43.8 Å². The lowest BCUT2D eigenvalue weighted by molar-refractivity contribution is -0.142. The Morgan fingerprint density at radius 1 is 0.889 bits per heavy atom. The number of nitrogens with one attached hydrogen (secondary N) is 6. The number of carboxylic acids is 1. The molecule has 1 aliphatic rings. The van der Waals surface area contributed by atoms with Crippen LogP contribution in [0.4, 0.5) is 4.79 Å². The van der Waals surface area contributed by atoms with Gasteiger partial charge in [-0.2, -0.15) is 0 Å². The average Bonchev–Trinajstić information content (AvgIpc) is 3.11. The number of phenols is 1. The molecule has 1 saturated heterocycles. The van der Waals surface area contributed by atoms with Crippen molar-refractivity contribution in [3.63, 3.8) is 0 Å². The van der Waals surface area contributed by atoms with E-state index < -0.39 is 89.6 Å². The molecule has 0 unspecified atom stereocenters. The molecule has 302 valence electrons. The van der Waals surface area contributed by atoms with Gasteiger partial charge in [-0.3, -0.25) is 24.0 Å². The summed E-state index contributed by atoms with van der Waals surface area (Å²) in [6.45, 7) is 12.4. The van der Waals surface area contributed by atoms with Gasteiger partial charge in [0, 0.05) is 13.6 Å². The molecule has 0 aliphatic carbocycles.